The van der Waals surface area contributed by atoms with Gasteiger partial charge in [-0.1, -0.05) is 18.2 Å². The summed E-state index contributed by atoms with van der Waals surface area (Å²) in [6.07, 6.45) is 2.20. The minimum atomic E-state index is -0.847. The van der Waals surface area contributed by atoms with E-state index in [1.165, 1.54) is 0 Å². The molecule has 1 aromatic heterocycles. The molecule has 2 heterocycles. The number of imide groups is 1. The number of urea groups is 1. The summed E-state index contributed by atoms with van der Waals surface area (Å²) in [5, 5.41) is 5.33. The van der Waals surface area contributed by atoms with Crippen molar-refractivity contribution in [2.45, 2.75) is 25.4 Å². The third-order valence-corrected chi connectivity index (χ3v) is 4.43. The van der Waals surface area contributed by atoms with Crippen molar-refractivity contribution in [2.75, 3.05) is 13.7 Å². The van der Waals surface area contributed by atoms with E-state index in [1.54, 1.807) is 37.6 Å². The first-order chi connectivity index (χ1) is 13.6. The first-order valence-corrected chi connectivity index (χ1v) is 8.98. The summed E-state index contributed by atoms with van der Waals surface area (Å²) in [4.78, 5) is 42.0. The van der Waals surface area contributed by atoms with E-state index in [1.807, 2.05) is 18.2 Å². The Hall–Kier alpha value is -3.42. The number of hydrogen-bond acceptors (Lipinski definition) is 5. The van der Waals surface area contributed by atoms with Gasteiger partial charge in [0, 0.05) is 24.9 Å². The number of ether oxygens (including phenoxy) is 1. The second-order valence-corrected chi connectivity index (χ2v) is 6.40. The predicted molar refractivity (Wildman–Crippen MR) is 101 cm³/mol. The highest BCUT2D eigenvalue weighted by Gasteiger charge is 2.38. The van der Waals surface area contributed by atoms with Crippen LogP contribution in [0, 0.1) is 0 Å². The first-order valence-electron chi connectivity index (χ1n) is 8.98. The van der Waals surface area contributed by atoms with E-state index in [0.29, 0.717) is 18.7 Å². The van der Waals surface area contributed by atoms with Crippen LogP contribution in [0.25, 0.3) is 0 Å². The highest BCUT2D eigenvalue weighted by Crippen LogP contribution is 2.17. The second-order valence-electron chi connectivity index (χ2n) is 6.40. The lowest BCUT2D eigenvalue weighted by Gasteiger charge is -2.13. The van der Waals surface area contributed by atoms with Crippen molar-refractivity contribution in [3.05, 3.63) is 59.9 Å². The summed E-state index contributed by atoms with van der Waals surface area (Å²) in [5.74, 6) is 0.00257. The van der Waals surface area contributed by atoms with Crippen molar-refractivity contribution in [1.82, 2.24) is 20.5 Å². The van der Waals surface area contributed by atoms with E-state index in [9.17, 15) is 14.4 Å². The van der Waals surface area contributed by atoms with Crippen LogP contribution in [0.3, 0.4) is 0 Å². The molecule has 0 unspecified atom stereocenters. The van der Waals surface area contributed by atoms with Gasteiger partial charge in [-0.25, -0.2) is 4.79 Å². The molecule has 4 amide bonds. The normalized spacial score (nSPS) is 16.0. The van der Waals surface area contributed by atoms with Crippen LogP contribution in [0.4, 0.5) is 4.79 Å². The van der Waals surface area contributed by atoms with Gasteiger partial charge in [0.1, 0.15) is 11.8 Å². The van der Waals surface area contributed by atoms with E-state index >= 15 is 0 Å². The fourth-order valence-corrected chi connectivity index (χ4v) is 2.91. The standard InChI is InChI=1S/C20H22N4O4/c1-28-16-7-5-14(6-8-16)13-24-19(26)17(23-20(24)27)12-18(25)22-11-9-15-4-2-3-10-21-15/h2-8,10,17H,9,11-13H2,1H3,(H,22,25)(H,23,27)/t17-/m0/s1. The van der Waals surface area contributed by atoms with Gasteiger partial charge in [0.25, 0.3) is 5.91 Å². The molecule has 1 fully saturated rings. The number of aromatic nitrogens is 1. The molecule has 1 saturated heterocycles. The topological polar surface area (TPSA) is 101 Å². The number of rotatable bonds is 8. The van der Waals surface area contributed by atoms with Gasteiger partial charge < -0.3 is 15.4 Å². The minimum absolute atomic E-state index is 0.0914. The molecule has 8 heteroatoms. The van der Waals surface area contributed by atoms with Crippen LogP contribution < -0.4 is 15.4 Å². The Bertz CT molecular complexity index is 839. The molecule has 0 saturated carbocycles. The van der Waals surface area contributed by atoms with Gasteiger partial charge in [-0.3, -0.25) is 19.5 Å². The molecule has 146 valence electrons. The lowest BCUT2D eigenvalue weighted by Crippen LogP contribution is -2.37. The van der Waals surface area contributed by atoms with Crippen LogP contribution in [0.15, 0.2) is 48.7 Å². The molecule has 2 aromatic rings. The summed E-state index contributed by atoms with van der Waals surface area (Å²) in [7, 11) is 1.57. The van der Waals surface area contributed by atoms with Gasteiger partial charge in [-0.05, 0) is 29.8 Å². The van der Waals surface area contributed by atoms with Crippen molar-refractivity contribution in [2.24, 2.45) is 0 Å². The van der Waals surface area contributed by atoms with Crippen LogP contribution in [-0.2, 0) is 22.6 Å². The number of nitrogens with zero attached hydrogens (tertiary/aromatic N) is 2. The van der Waals surface area contributed by atoms with Gasteiger partial charge in [0.2, 0.25) is 5.91 Å². The number of hydrogen-bond donors (Lipinski definition) is 2. The van der Waals surface area contributed by atoms with Crippen molar-refractivity contribution < 1.29 is 19.1 Å². The number of carbonyl (C=O) groups excluding carboxylic acids is 3. The number of methoxy groups -OCH3 is 1. The predicted octanol–water partition coefficient (Wildman–Crippen LogP) is 1.26. The zero-order valence-electron chi connectivity index (χ0n) is 15.6. The SMILES string of the molecule is COc1ccc(CN2C(=O)N[C@@H](CC(=O)NCCc3ccccn3)C2=O)cc1. The quantitative estimate of drug-likeness (QED) is 0.670. The fourth-order valence-electron chi connectivity index (χ4n) is 2.91. The number of carbonyl (C=O) groups is 3. The van der Waals surface area contributed by atoms with Crippen molar-refractivity contribution in [3.63, 3.8) is 0 Å². The molecule has 0 radical (unpaired) electrons. The zero-order chi connectivity index (χ0) is 19.9. The van der Waals surface area contributed by atoms with E-state index < -0.39 is 18.0 Å². The molecule has 0 bridgehead atoms. The molecule has 1 aliphatic rings. The minimum Gasteiger partial charge on any atom is -0.497 e. The number of pyridine rings is 1. The van der Waals surface area contributed by atoms with Crippen molar-refractivity contribution in [1.29, 1.82) is 0 Å². The molecule has 8 nitrogen and oxygen atoms in total. The summed E-state index contributed by atoms with van der Waals surface area (Å²) >= 11 is 0. The molecule has 2 N–H and O–H groups in total. The van der Waals surface area contributed by atoms with E-state index in [2.05, 4.69) is 15.6 Å². The van der Waals surface area contributed by atoms with Gasteiger partial charge in [-0.15, -0.1) is 0 Å². The Morgan fingerprint density at radius 2 is 2.00 bits per heavy atom. The van der Waals surface area contributed by atoms with Crippen LogP contribution in [0.2, 0.25) is 0 Å². The van der Waals surface area contributed by atoms with Gasteiger partial charge in [0.05, 0.1) is 20.1 Å². The third-order valence-electron chi connectivity index (χ3n) is 4.43. The van der Waals surface area contributed by atoms with Crippen molar-refractivity contribution in [3.8, 4) is 5.75 Å². The molecule has 1 aromatic carbocycles. The van der Waals surface area contributed by atoms with E-state index in [4.69, 9.17) is 4.74 Å². The Balaban J connectivity index is 1.49. The average molecular weight is 382 g/mol. The highest BCUT2D eigenvalue weighted by atomic mass is 16.5. The Kier molecular flexibility index (Phi) is 6.21. The fraction of sp³-hybridized carbons (Fsp3) is 0.300. The van der Waals surface area contributed by atoms with Crippen LogP contribution in [0.5, 0.6) is 5.75 Å². The molecule has 1 aliphatic heterocycles. The van der Waals surface area contributed by atoms with Crippen molar-refractivity contribution >= 4 is 17.8 Å². The maximum Gasteiger partial charge on any atom is 0.325 e. The lowest BCUT2D eigenvalue weighted by atomic mass is 10.1. The van der Waals surface area contributed by atoms with Gasteiger partial charge in [0.15, 0.2) is 0 Å². The summed E-state index contributed by atoms with van der Waals surface area (Å²) in [6.45, 7) is 0.562. The monoisotopic (exact) mass is 382 g/mol. The molecule has 0 aliphatic carbocycles. The van der Waals surface area contributed by atoms with Crippen LogP contribution in [0.1, 0.15) is 17.7 Å². The molecule has 1 atom stereocenters. The van der Waals surface area contributed by atoms with Gasteiger partial charge >= 0.3 is 6.03 Å². The molecule has 28 heavy (non-hydrogen) atoms. The van der Waals surface area contributed by atoms with E-state index in [-0.39, 0.29) is 18.9 Å². The molecular formula is C20H22N4O4. The second kappa shape index (κ2) is 8.98. The zero-order valence-corrected chi connectivity index (χ0v) is 15.6. The Morgan fingerprint density at radius 1 is 1.21 bits per heavy atom. The first kappa shape index (κ1) is 19.3. The molecule has 3 rings (SSSR count). The average Bonchev–Trinajstić information content (AvgIpc) is 2.96. The Morgan fingerprint density at radius 3 is 2.68 bits per heavy atom. The maximum absolute atomic E-state index is 12.5. The third kappa shape index (κ3) is 4.85. The number of amides is 4. The van der Waals surface area contributed by atoms with E-state index in [0.717, 1.165) is 16.2 Å². The molecule has 0 spiro atoms. The van der Waals surface area contributed by atoms with Crippen LogP contribution >= 0.6 is 0 Å². The summed E-state index contributed by atoms with van der Waals surface area (Å²) in [5.41, 5.74) is 1.67. The molecular weight excluding hydrogens is 360 g/mol. The highest BCUT2D eigenvalue weighted by molar-refractivity contribution is 6.05. The smallest absolute Gasteiger partial charge is 0.325 e. The van der Waals surface area contributed by atoms with Gasteiger partial charge in [-0.2, -0.15) is 0 Å². The van der Waals surface area contributed by atoms with Crippen LogP contribution in [-0.4, -0.2) is 47.4 Å². The lowest BCUT2D eigenvalue weighted by molar-refractivity contribution is -0.131. The summed E-state index contributed by atoms with van der Waals surface area (Å²) in [6, 6.07) is 11.4. The largest absolute Gasteiger partial charge is 0.497 e. The number of benzene rings is 1. The maximum atomic E-state index is 12.5. The number of nitrogens with one attached hydrogen (secondary N) is 2. The summed E-state index contributed by atoms with van der Waals surface area (Å²) < 4.78 is 5.09. The Labute approximate surface area is 162 Å².